The molecule has 2 aliphatic rings. The summed E-state index contributed by atoms with van der Waals surface area (Å²) < 4.78 is 25.1. The molecule has 1 aliphatic carbocycles. The molecule has 272 valence electrons. The van der Waals surface area contributed by atoms with E-state index in [1.54, 1.807) is 21.3 Å². The van der Waals surface area contributed by atoms with E-state index in [0.29, 0.717) is 11.5 Å². The van der Waals surface area contributed by atoms with E-state index in [-0.39, 0.29) is 5.41 Å². The Labute approximate surface area is 323 Å². The molecule has 1 atom stereocenters. The molecule has 0 saturated carbocycles. The van der Waals surface area contributed by atoms with Gasteiger partial charge in [0.15, 0.2) is 17.1 Å². The van der Waals surface area contributed by atoms with Crippen LogP contribution in [0.15, 0.2) is 146 Å². The lowest BCUT2D eigenvalue weighted by Crippen LogP contribution is -2.35. The quantitative estimate of drug-likeness (QED) is 0.149. The maximum absolute atomic E-state index is 7.64. The molecule has 0 bridgehead atoms. The van der Waals surface area contributed by atoms with Crippen molar-refractivity contribution in [1.29, 1.82) is 0 Å². The first-order valence-electron chi connectivity index (χ1n) is 19.1. The van der Waals surface area contributed by atoms with Crippen LogP contribution in [0.25, 0.3) is 50.2 Å². The Morgan fingerprint density at radius 2 is 1.07 bits per heavy atom. The van der Waals surface area contributed by atoms with Gasteiger partial charge in [-0.3, -0.25) is 0 Å². The van der Waals surface area contributed by atoms with Crippen LogP contribution >= 0.6 is 0 Å². The standard InChI is InChI=1S/C51H44O4/c1-6-50(7-2)44-16-12-11-15-40(44)47-42-31-45(53-4)46(54-5)32-43(42)49-41(48(47)50)29-30-51(55-49,38-25-27-39(52-3)28-26-38)37-23-21-36(22-24-37)35-19-17-34(18-20-35)33-13-9-8-10-14-33/h8-32H,6-7H2,1-5H3. The van der Waals surface area contributed by atoms with E-state index in [2.05, 4.69) is 147 Å². The van der Waals surface area contributed by atoms with Gasteiger partial charge < -0.3 is 18.9 Å². The minimum atomic E-state index is -0.935. The minimum absolute atomic E-state index is 0.178. The molecular weight excluding hydrogens is 677 g/mol. The van der Waals surface area contributed by atoms with E-state index in [1.807, 2.05) is 18.2 Å². The second-order valence-electron chi connectivity index (χ2n) is 14.5. The number of fused-ring (bicyclic) bond motifs is 8. The predicted octanol–water partition coefficient (Wildman–Crippen LogP) is 12.6. The van der Waals surface area contributed by atoms with Crippen molar-refractivity contribution in [2.45, 2.75) is 37.7 Å². The third kappa shape index (κ3) is 5.26. The van der Waals surface area contributed by atoms with E-state index < -0.39 is 5.60 Å². The van der Waals surface area contributed by atoms with Crippen molar-refractivity contribution >= 4 is 16.8 Å². The molecule has 9 rings (SSSR count). The van der Waals surface area contributed by atoms with Crippen LogP contribution < -0.4 is 18.9 Å². The Kier molecular flexibility index (Phi) is 8.50. The lowest BCUT2D eigenvalue weighted by Gasteiger charge is -2.39. The minimum Gasteiger partial charge on any atom is -0.497 e. The molecule has 7 aromatic rings. The highest BCUT2D eigenvalue weighted by atomic mass is 16.5. The lowest BCUT2D eigenvalue weighted by molar-refractivity contribution is 0.163. The zero-order valence-corrected chi connectivity index (χ0v) is 32.0. The monoisotopic (exact) mass is 720 g/mol. The number of rotatable bonds is 9. The van der Waals surface area contributed by atoms with Crippen molar-refractivity contribution < 1.29 is 18.9 Å². The van der Waals surface area contributed by atoms with Gasteiger partial charge in [-0.25, -0.2) is 0 Å². The van der Waals surface area contributed by atoms with Gasteiger partial charge in [0.25, 0.3) is 0 Å². The first-order chi connectivity index (χ1) is 27.0. The maximum Gasteiger partial charge on any atom is 0.178 e. The van der Waals surface area contributed by atoms with E-state index in [0.717, 1.165) is 62.9 Å². The molecule has 4 nitrogen and oxygen atoms in total. The van der Waals surface area contributed by atoms with Crippen molar-refractivity contribution in [3.05, 3.63) is 173 Å². The van der Waals surface area contributed by atoms with Gasteiger partial charge in [-0.2, -0.15) is 0 Å². The molecule has 0 saturated heterocycles. The highest BCUT2D eigenvalue weighted by molar-refractivity contribution is 6.09. The first-order valence-corrected chi connectivity index (χ1v) is 19.1. The summed E-state index contributed by atoms with van der Waals surface area (Å²) in [7, 11) is 5.09. The second-order valence-corrected chi connectivity index (χ2v) is 14.5. The van der Waals surface area contributed by atoms with Gasteiger partial charge in [-0.05, 0) is 93.1 Å². The summed E-state index contributed by atoms with van der Waals surface area (Å²) in [4.78, 5) is 0. The van der Waals surface area contributed by atoms with Crippen LogP contribution in [0, 0.1) is 0 Å². The topological polar surface area (TPSA) is 36.9 Å². The van der Waals surface area contributed by atoms with E-state index in [1.165, 1.54) is 33.4 Å². The summed E-state index contributed by atoms with van der Waals surface area (Å²) in [6, 6.07) is 49.5. The lowest BCUT2D eigenvalue weighted by atomic mass is 9.71. The third-order valence-corrected chi connectivity index (χ3v) is 12.1. The fraction of sp³-hybridized carbons (Fsp3) is 0.176. The smallest absolute Gasteiger partial charge is 0.178 e. The van der Waals surface area contributed by atoms with Crippen molar-refractivity contribution in [2.75, 3.05) is 21.3 Å². The maximum atomic E-state index is 7.64. The summed E-state index contributed by atoms with van der Waals surface area (Å²) in [5, 5.41) is 2.08. The Balaban J connectivity index is 1.25. The van der Waals surface area contributed by atoms with E-state index in [4.69, 9.17) is 18.9 Å². The Morgan fingerprint density at radius 3 is 1.65 bits per heavy atom. The molecule has 0 spiro atoms. The molecule has 0 fully saturated rings. The summed E-state index contributed by atoms with van der Waals surface area (Å²) in [6.07, 6.45) is 6.50. The molecule has 1 aliphatic heterocycles. The Hall–Kier alpha value is -6.26. The average Bonchev–Trinajstić information content (AvgIpc) is 3.57. The Bertz CT molecular complexity index is 2560. The van der Waals surface area contributed by atoms with E-state index >= 15 is 0 Å². The van der Waals surface area contributed by atoms with Crippen LogP contribution in [0.1, 0.15) is 54.5 Å². The van der Waals surface area contributed by atoms with Gasteiger partial charge in [-0.15, -0.1) is 0 Å². The summed E-state index contributed by atoms with van der Waals surface area (Å²) >= 11 is 0. The van der Waals surface area contributed by atoms with Gasteiger partial charge in [0.1, 0.15) is 11.5 Å². The SMILES string of the molecule is CCC1(CC)c2ccccc2-c2c1c1c(c3cc(OC)c(OC)cc23)OC(c2ccc(OC)cc2)(c2ccc(-c3ccc(-c4ccccc4)cc3)cc2)C=C1. The Morgan fingerprint density at radius 1 is 0.545 bits per heavy atom. The molecule has 0 amide bonds. The number of hydrogen-bond acceptors (Lipinski definition) is 4. The highest BCUT2D eigenvalue weighted by Gasteiger charge is 2.47. The fourth-order valence-electron chi connectivity index (χ4n) is 9.19. The normalized spacial score (nSPS) is 16.2. The molecule has 7 aromatic carbocycles. The zero-order valence-electron chi connectivity index (χ0n) is 32.0. The van der Waals surface area contributed by atoms with Gasteiger partial charge in [0.05, 0.1) is 21.3 Å². The fourth-order valence-corrected chi connectivity index (χ4v) is 9.19. The predicted molar refractivity (Wildman–Crippen MR) is 225 cm³/mol. The summed E-state index contributed by atoms with van der Waals surface area (Å²) in [5.74, 6) is 2.99. The third-order valence-electron chi connectivity index (χ3n) is 12.1. The van der Waals surface area contributed by atoms with Crippen LogP contribution in [0.2, 0.25) is 0 Å². The summed E-state index contributed by atoms with van der Waals surface area (Å²) in [5.41, 5.74) is 12.0. The average molecular weight is 721 g/mol. The van der Waals surface area contributed by atoms with Crippen LogP contribution in [0.5, 0.6) is 23.0 Å². The number of ether oxygens (including phenoxy) is 4. The largest absolute Gasteiger partial charge is 0.497 e. The van der Waals surface area contributed by atoms with Crippen LogP contribution in [0.3, 0.4) is 0 Å². The van der Waals surface area contributed by atoms with Crippen molar-refractivity contribution in [2.24, 2.45) is 0 Å². The molecule has 55 heavy (non-hydrogen) atoms. The zero-order chi connectivity index (χ0) is 37.7. The summed E-state index contributed by atoms with van der Waals surface area (Å²) in [6.45, 7) is 4.62. The van der Waals surface area contributed by atoms with Gasteiger partial charge in [0.2, 0.25) is 0 Å². The van der Waals surface area contributed by atoms with Crippen molar-refractivity contribution in [3.63, 3.8) is 0 Å². The van der Waals surface area contributed by atoms with Crippen molar-refractivity contribution in [3.8, 4) is 56.4 Å². The van der Waals surface area contributed by atoms with Gasteiger partial charge >= 0.3 is 0 Å². The van der Waals surface area contributed by atoms with Crippen LogP contribution in [-0.2, 0) is 11.0 Å². The molecule has 1 heterocycles. The number of hydrogen-bond donors (Lipinski definition) is 0. The van der Waals surface area contributed by atoms with Crippen LogP contribution in [0.4, 0.5) is 0 Å². The van der Waals surface area contributed by atoms with Crippen molar-refractivity contribution in [1.82, 2.24) is 0 Å². The number of benzene rings is 7. The van der Waals surface area contributed by atoms with E-state index in [9.17, 15) is 0 Å². The second kappa shape index (κ2) is 13.5. The molecule has 4 heteroatoms. The first kappa shape index (κ1) is 34.5. The molecule has 0 N–H and O–H groups in total. The highest BCUT2D eigenvalue weighted by Crippen LogP contribution is 2.61. The molecule has 0 aromatic heterocycles. The number of methoxy groups -OCH3 is 3. The van der Waals surface area contributed by atoms with Crippen LogP contribution in [-0.4, -0.2) is 21.3 Å². The molecule has 1 unspecified atom stereocenters. The van der Waals surface area contributed by atoms with Gasteiger partial charge in [0, 0.05) is 27.5 Å². The molecule has 0 radical (unpaired) electrons. The van der Waals surface area contributed by atoms with Gasteiger partial charge in [-0.1, -0.05) is 135 Å². The molecular formula is C51H44O4.